The van der Waals surface area contributed by atoms with Crippen molar-refractivity contribution in [2.45, 2.75) is 45.1 Å². The molecule has 1 aliphatic carbocycles. The minimum atomic E-state index is 0.227. The van der Waals surface area contributed by atoms with Gasteiger partial charge in [-0.05, 0) is 50.3 Å². The molecule has 1 aromatic carbocycles. The van der Waals surface area contributed by atoms with Crippen LogP contribution in [0.3, 0.4) is 0 Å². The molecule has 0 spiro atoms. The summed E-state index contributed by atoms with van der Waals surface area (Å²) in [4.78, 5) is 0. The Morgan fingerprint density at radius 2 is 1.78 bits per heavy atom. The molecule has 1 heterocycles. The van der Waals surface area contributed by atoms with Crippen LogP contribution in [0.25, 0.3) is 0 Å². The molecule has 0 aromatic heterocycles. The lowest BCUT2D eigenvalue weighted by molar-refractivity contribution is -0.0597. The highest BCUT2D eigenvalue weighted by Gasteiger charge is 2.43. The van der Waals surface area contributed by atoms with E-state index in [4.69, 9.17) is 4.74 Å². The van der Waals surface area contributed by atoms with Crippen molar-refractivity contribution < 1.29 is 4.74 Å². The molecule has 1 aliphatic heterocycles. The number of aryl methyl sites for hydroxylation is 3. The maximum Gasteiger partial charge on any atom is 0.0598 e. The van der Waals surface area contributed by atoms with Gasteiger partial charge in [-0.1, -0.05) is 17.7 Å². The number of ether oxygens (including phenoxy) is 1. The van der Waals surface area contributed by atoms with Crippen LogP contribution in [0.15, 0.2) is 12.1 Å². The molecular formula is C16H23NO. The molecule has 0 radical (unpaired) electrons. The molecule has 2 nitrogen and oxygen atoms in total. The molecule has 98 valence electrons. The third-order valence-corrected chi connectivity index (χ3v) is 4.27. The van der Waals surface area contributed by atoms with E-state index in [0.29, 0.717) is 0 Å². The number of nitrogens with one attached hydrogen (secondary N) is 1. The number of rotatable bonds is 4. The summed E-state index contributed by atoms with van der Waals surface area (Å²) in [5.41, 5.74) is 5.96. The third-order valence-electron chi connectivity index (χ3n) is 4.27. The van der Waals surface area contributed by atoms with E-state index in [1.54, 1.807) is 0 Å². The van der Waals surface area contributed by atoms with Crippen molar-refractivity contribution >= 4 is 0 Å². The summed E-state index contributed by atoms with van der Waals surface area (Å²) >= 11 is 0. The molecule has 0 amide bonds. The lowest BCUT2D eigenvalue weighted by atomic mass is 9.74. The van der Waals surface area contributed by atoms with Gasteiger partial charge in [0, 0.05) is 12.6 Å². The Kier molecular flexibility index (Phi) is 2.95. The molecule has 2 heteroatoms. The average molecular weight is 245 g/mol. The highest BCUT2D eigenvalue weighted by molar-refractivity contribution is 5.44. The van der Waals surface area contributed by atoms with Gasteiger partial charge in [-0.25, -0.2) is 0 Å². The summed E-state index contributed by atoms with van der Waals surface area (Å²) in [7, 11) is 0. The SMILES string of the molecule is Cc1cc(C)c(C2(CNC3CC3)COC2)c(C)c1. The van der Waals surface area contributed by atoms with Crippen molar-refractivity contribution in [2.24, 2.45) is 0 Å². The fourth-order valence-electron chi connectivity index (χ4n) is 3.33. The first kappa shape index (κ1) is 12.2. The van der Waals surface area contributed by atoms with E-state index in [1.807, 2.05) is 0 Å². The smallest absolute Gasteiger partial charge is 0.0598 e. The molecule has 18 heavy (non-hydrogen) atoms. The quantitative estimate of drug-likeness (QED) is 0.880. The first-order valence-electron chi connectivity index (χ1n) is 7.00. The van der Waals surface area contributed by atoms with Gasteiger partial charge >= 0.3 is 0 Å². The van der Waals surface area contributed by atoms with Crippen molar-refractivity contribution in [3.05, 3.63) is 34.4 Å². The van der Waals surface area contributed by atoms with Crippen molar-refractivity contribution in [1.82, 2.24) is 5.32 Å². The number of benzene rings is 1. The summed E-state index contributed by atoms with van der Waals surface area (Å²) in [6, 6.07) is 5.38. The van der Waals surface area contributed by atoms with Crippen LogP contribution in [0.1, 0.15) is 35.1 Å². The van der Waals surface area contributed by atoms with Gasteiger partial charge in [0.2, 0.25) is 0 Å². The molecule has 1 N–H and O–H groups in total. The Morgan fingerprint density at radius 1 is 1.17 bits per heavy atom. The largest absolute Gasteiger partial charge is 0.379 e. The molecule has 2 aliphatic rings. The predicted octanol–water partition coefficient (Wildman–Crippen LogP) is 2.63. The third kappa shape index (κ3) is 2.08. The number of hydrogen-bond acceptors (Lipinski definition) is 2. The summed E-state index contributed by atoms with van der Waals surface area (Å²) in [5, 5.41) is 3.69. The van der Waals surface area contributed by atoms with Crippen LogP contribution in [0, 0.1) is 20.8 Å². The van der Waals surface area contributed by atoms with Crippen molar-refractivity contribution in [3.63, 3.8) is 0 Å². The first-order valence-corrected chi connectivity index (χ1v) is 7.00. The molecule has 2 fully saturated rings. The van der Waals surface area contributed by atoms with E-state index < -0.39 is 0 Å². The zero-order chi connectivity index (χ0) is 12.8. The van der Waals surface area contributed by atoms with Gasteiger partial charge < -0.3 is 10.1 Å². The Morgan fingerprint density at radius 3 is 2.22 bits per heavy atom. The summed E-state index contributed by atoms with van der Waals surface area (Å²) < 4.78 is 5.55. The van der Waals surface area contributed by atoms with E-state index in [-0.39, 0.29) is 5.41 Å². The van der Waals surface area contributed by atoms with Crippen LogP contribution in [0.2, 0.25) is 0 Å². The molecule has 1 saturated heterocycles. The molecule has 0 bridgehead atoms. The van der Waals surface area contributed by atoms with Crippen molar-refractivity contribution in [3.8, 4) is 0 Å². The van der Waals surface area contributed by atoms with E-state index >= 15 is 0 Å². The zero-order valence-electron chi connectivity index (χ0n) is 11.7. The lowest BCUT2D eigenvalue weighted by Crippen LogP contribution is -2.54. The Bertz CT molecular complexity index is 435. The minimum Gasteiger partial charge on any atom is -0.379 e. The summed E-state index contributed by atoms with van der Waals surface area (Å²) in [6.45, 7) is 9.48. The van der Waals surface area contributed by atoms with Gasteiger partial charge in [0.05, 0.1) is 18.6 Å². The van der Waals surface area contributed by atoms with Crippen LogP contribution in [-0.2, 0) is 10.2 Å². The second-order valence-corrected chi connectivity index (χ2v) is 6.20. The van der Waals surface area contributed by atoms with Gasteiger partial charge in [0.15, 0.2) is 0 Å². The maximum atomic E-state index is 5.55. The highest BCUT2D eigenvalue weighted by atomic mass is 16.5. The number of hydrogen-bond donors (Lipinski definition) is 1. The molecular weight excluding hydrogens is 222 g/mol. The van der Waals surface area contributed by atoms with Crippen molar-refractivity contribution in [1.29, 1.82) is 0 Å². The molecule has 1 saturated carbocycles. The standard InChI is InChI=1S/C16H23NO/c1-11-6-12(2)15(13(3)7-11)16(9-18-10-16)8-17-14-4-5-14/h6-7,14,17H,4-5,8-10H2,1-3H3. The predicted molar refractivity (Wildman–Crippen MR) is 74.2 cm³/mol. The van der Waals surface area contributed by atoms with Crippen LogP contribution < -0.4 is 5.32 Å². The van der Waals surface area contributed by atoms with E-state index in [2.05, 4.69) is 38.2 Å². The van der Waals surface area contributed by atoms with Crippen LogP contribution >= 0.6 is 0 Å². The van der Waals surface area contributed by atoms with Gasteiger partial charge in [0.1, 0.15) is 0 Å². The Hall–Kier alpha value is -0.860. The monoisotopic (exact) mass is 245 g/mol. The zero-order valence-corrected chi connectivity index (χ0v) is 11.7. The van der Waals surface area contributed by atoms with Crippen molar-refractivity contribution in [2.75, 3.05) is 19.8 Å². The van der Waals surface area contributed by atoms with Crippen LogP contribution in [0.4, 0.5) is 0 Å². The Balaban J connectivity index is 1.90. The summed E-state index contributed by atoms with van der Waals surface area (Å²) in [5.74, 6) is 0. The van der Waals surface area contributed by atoms with E-state index in [1.165, 1.54) is 35.1 Å². The second-order valence-electron chi connectivity index (χ2n) is 6.20. The molecule has 1 aromatic rings. The van der Waals surface area contributed by atoms with Crippen LogP contribution in [0.5, 0.6) is 0 Å². The van der Waals surface area contributed by atoms with Gasteiger partial charge in [-0.2, -0.15) is 0 Å². The summed E-state index contributed by atoms with van der Waals surface area (Å²) in [6.07, 6.45) is 2.70. The molecule has 3 rings (SSSR count). The molecule has 0 unspecified atom stereocenters. The topological polar surface area (TPSA) is 21.3 Å². The highest BCUT2D eigenvalue weighted by Crippen LogP contribution is 2.37. The Labute approximate surface area is 110 Å². The first-order chi connectivity index (χ1) is 8.61. The van der Waals surface area contributed by atoms with Gasteiger partial charge in [-0.15, -0.1) is 0 Å². The normalized spacial score (nSPS) is 21.7. The molecule has 0 atom stereocenters. The van der Waals surface area contributed by atoms with Gasteiger partial charge in [0.25, 0.3) is 0 Å². The lowest BCUT2D eigenvalue weighted by Gasteiger charge is -2.44. The fraction of sp³-hybridized carbons (Fsp3) is 0.625. The minimum absolute atomic E-state index is 0.227. The van der Waals surface area contributed by atoms with Crippen LogP contribution in [-0.4, -0.2) is 25.8 Å². The van der Waals surface area contributed by atoms with Gasteiger partial charge in [-0.3, -0.25) is 0 Å². The average Bonchev–Trinajstić information content (AvgIpc) is 3.02. The van der Waals surface area contributed by atoms with E-state index in [0.717, 1.165) is 25.8 Å². The van der Waals surface area contributed by atoms with E-state index in [9.17, 15) is 0 Å². The second kappa shape index (κ2) is 4.36. The fourth-order valence-corrected chi connectivity index (χ4v) is 3.33. The maximum absolute atomic E-state index is 5.55.